The van der Waals surface area contributed by atoms with Crippen LogP contribution in [0.1, 0.15) is 16.8 Å². The van der Waals surface area contributed by atoms with E-state index in [0.29, 0.717) is 22.8 Å². The van der Waals surface area contributed by atoms with Crippen molar-refractivity contribution in [1.29, 1.82) is 5.26 Å². The third kappa shape index (κ3) is 2.64. The number of aryl methyl sites for hydroxylation is 2. The van der Waals surface area contributed by atoms with Crippen molar-refractivity contribution in [2.24, 2.45) is 0 Å². The minimum Gasteiger partial charge on any atom is -0.338 e. The molecule has 2 aromatic rings. The molecule has 18 heavy (non-hydrogen) atoms. The number of anilines is 2. The van der Waals surface area contributed by atoms with Gasteiger partial charge in [-0.15, -0.1) is 0 Å². The first-order valence-electron chi connectivity index (χ1n) is 5.50. The molecule has 0 aliphatic heterocycles. The van der Waals surface area contributed by atoms with Crippen molar-refractivity contribution in [3.8, 4) is 6.07 Å². The van der Waals surface area contributed by atoms with Crippen molar-refractivity contribution in [3.05, 3.63) is 53.0 Å². The van der Waals surface area contributed by atoms with E-state index in [1.807, 2.05) is 13.0 Å². The number of hydrogen-bond acceptors (Lipinski definition) is 3. The van der Waals surface area contributed by atoms with Crippen molar-refractivity contribution in [2.75, 3.05) is 5.32 Å². The summed E-state index contributed by atoms with van der Waals surface area (Å²) in [6.45, 7) is 3.67. The highest BCUT2D eigenvalue weighted by Crippen LogP contribution is 2.20. The molecule has 0 aliphatic carbocycles. The van der Waals surface area contributed by atoms with Crippen LogP contribution in [0.4, 0.5) is 15.9 Å². The summed E-state index contributed by atoms with van der Waals surface area (Å²) in [6.07, 6.45) is 0. The molecule has 0 unspecified atom stereocenters. The van der Waals surface area contributed by atoms with E-state index in [1.54, 1.807) is 31.2 Å². The summed E-state index contributed by atoms with van der Waals surface area (Å²) in [6, 6.07) is 10.1. The molecule has 0 radical (unpaired) electrons. The van der Waals surface area contributed by atoms with Crippen LogP contribution in [0, 0.1) is 31.0 Å². The number of halogens is 1. The SMILES string of the molecule is Cc1ccc(F)c(Nc2cc(C#N)cc(C)n2)c1. The first-order valence-corrected chi connectivity index (χ1v) is 5.50. The normalized spacial score (nSPS) is 9.89. The van der Waals surface area contributed by atoms with Gasteiger partial charge in [-0.1, -0.05) is 6.07 Å². The monoisotopic (exact) mass is 241 g/mol. The van der Waals surface area contributed by atoms with Gasteiger partial charge in [-0.3, -0.25) is 0 Å². The average Bonchev–Trinajstić information content (AvgIpc) is 2.33. The van der Waals surface area contributed by atoms with Crippen LogP contribution in [0.15, 0.2) is 30.3 Å². The van der Waals surface area contributed by atoms with Gasteiger partial charge >= 0.3 is 0 Å². The molecule has 1 N–H and O–H groups in total. The third-order valence-corrected chi connectivity index (χ3v) is 2.47. The lowest BCUT2D eigenvalue weighted by atomic mass is 10.2. The summed E-state index contributed by atoms with van der Waals surface area (Å²) in [7, 11) is 0. The molecule has 0 aliphatic rings. The summed E-state index contributed by atoms with van der Waals surface area (Å²) in [5.41, 5.74) is 2.52. The molecule has 1 aromatic heterocycles. The zero-order chi connectivity index (χ0) is 13.1. The standard InChI is InChI=1S/C14H12FN3/c1-9-3-4-12(15)13(5-9)18-14-7-11(8-16)6-10(2)17-14/h3-7H,1-2H3,(H,17,18). The molecule has 2 rings (SSSR count). The second-order valence-corrected chi connectivity index (χ2v) is 4.10. The maximum absolute atomic E-state index is 13.6. The number of aromatic nitrogens is 1. The highest BCUT2D eigenvalue weighted by Gasteiger charge is 2.05. The molecule has 0 atom stereocenters. The molecular formula is C14H12FN3. The summed E-state index contributed by atoms with van der Waals surface area (Å²) >= 11 is 0. The first-order chi connectivity index (χ1) is 8.58. The van der Waals surface area contributed by atoms with Gasteiger partial charge in [0.2, 0.25) is 0 Å². The summed E-state index contributed by atoms with van der Waals surface area (Å²) in [5, 5.41) is 11.8. The average molecular weight is 241 g/mol. The molecule has 0 saturated carbocycles. The zero-order valence-electron chi connectivity index (χ0n) is 10.2. The molecule has 3 nitrogen and oxygen atoms in total. The maximum Gasteiger partial charge on any atom is 0.146 e. The van der Waals surface area contributed by atoms with Gasteiger partial charge in [-0.25, -0.2) is 9.37 Å². The molecule has 1 aromatic carbocycles. The molecule has 90 valence electrons. The Hall–Kier alpha value is -2.41. The van der Waals surface area contributed by atoms with Gasteiger partial charge in [0.25, 0.3) is 0 Å². The molecule has 0 spiro atoms. The predicted octanol–water partition coefficient (Wildman–Crippen LogP) is 3.45. The first kappa shape index (κ1) is 12.1. The Morgan fingerprint density at radius 3 is 2.72 bits per heavy atom. The van der Waals surface area contributed by atoms with Crippen molar-refractivity contribution in [1.82, 2.24) is 4.98 Å². The number of nitriles is 1. The van der Waals surface area contributed by atoms with Crippen LogP contribution in [0.5, 0.6) is 0 Å². The van der Waals surface area contributed by atoms with Gasteiger partial charge in [0.05, 0.1) is 17.3 Å². The minimum atomic E-state index is -0.345. The van der Waals surface area contributed by atoms with E-state index in [1.165, 1.54) is 6.07 Å². The smallest absolute Gasteiger partial charge is 0.146 e. The molecule has 0 amide bonds. The molecule has 0 fully saturated rings. The van der Waals surface area contributed by atoms with Gasteiger partial charge in [0.15, 0.2) is 0 Å². The molecule has 1 heterocycles. The van der Waals surface area contributed by atoms with E-state index in [4.69, 9.17) is 5.26 Å². The van der Waals surface area contributed by atoms with E-state index in [2.05, 4.69) is 10.3 Å². The number of nitrogens with one attached hydrogen (secondary N) is 1. The highest BCUT2D eigenvalue weighted by molar-refractivity contribution is 5.59. The molecular weight excluding hydrogens is 229 g/mol. The Labute approximate surface area is 105 Å². The van der Waals surface area contributed by atoms with E-state index in [-0.39, 0.29) is 5.82 Å². The largest absolute Gasteiger partial charge is 0.338 e. The lowest BCUT2D eigenvalue weighted by Crippen LogP contribution is -1.98. The van der Waals surface area contributed by atoms with Gasteiger partial charge in [0.1, 0.15) is 11.6 Å². The van der Waals surface area contributed by atoms with Crippen LogP contribution in [0.25, 0.3) is 0 Å². The van der Waals surface area contributed by atoms with Gasteiger partial charge in [-0.2, -0.15) is 5.26 Å². The quantitative estimate of drug-likeness (QED) is 0.876. The summed E-state index contributed by atoms with van der Waals surface area (Å²) in [4.78, 5) is 4.22. The Balaban J connectivity index is 2.37. The van der Waals surface area contributed by atoms with Crippen LogP contribution < -0.4 is 5.32 Å². The number of nitrogens with zero attached hydrogens (tertiary/aromatic N) is 2. The van der Waals surface area contributed by atoms with Crippen LogP contribution in [0.2, 0.25) is 0 Å². The maximum atomic E-state index is 13.6. The number of pyridine rings is 1. The highest BCUT2D eigenvalue weighted by atomic mass is 19.1. The fourth-order valence-electron chi connectivity index (χ4n) is 1.67. The fraction of sp³-hybridized carbons (Fsp3) is 0.143. The second kappa shape index (κ2) is 4.84. The van der Waals surface area contributed by atoms with E-state index in [9.17, 15) is 4.39 Å². The van der Waals surface area contributed by atoms with Crippen molar-refractivity contribution in [2.45, 2.75) is 13.8 Å². The minimum absolute atomic E-state index is 0.345. The van der Waals surface area contributed by atoms with E-state index < -0.39 is 0 Å². The van der Waals surface area contributed by atoms with Crippen molar-refractivity contribution < 1.29 is 4.39 Å². The topological polar surface area (TPSA) is 48.7 Å². The summed E-state index contributed by atoms with van der Waals surface area (Å²) in [5.74, 6) is 0.124. The number of hydrogen-bond donors (Lipinski definition) is 1. The van der Waals surface area contributed by atoms with Crippen LogP contribution >= 0.6 is 0 Å². The van der Waals surface area contributed by atoms with E-state index >= 15 is 0 Å². The van der Waals surface area contributed by atoms with Gasteiger partial charge < -0.3 is 5.32 Å². The zero-order valence-corrected chi connectivity index (χ0v) is 10.2. The predicted molar refractivity (Wildman–Crippen MR) is 68.1 cm³/mol. The number of benzene rings is 1. The van der Waals surface area contributed by atoms with Gasteiger partial charge in [-0.05, 0) is 43.7 Å². The Kier molecular flexibility index (Phi) is 3.24. The Morgan fingerprint density at radius 2 is 2.00 bits per heavy atom. The Bertz CT molecular complexity index is 629. The van der Waals surface area contributed by atoms with Crippen LogP contribution in [-0.4, -0.2) is 4.98 Å². The fourth-order valence-corrected chi connectivity index (χ4v) is 1.67. The van der Waals surface area contributed by atoms with Crippen molar-refractivity contribution in [3.63, 3.8) is 0 Å². The third-order valence-electron chi connectivity index (χ3n) is 2.47. The van der Waals surface area contributed by atoms with E-state index in [0.717, 1.165) is 5.56 Å². The lowest BCUT2D eigenvalue weighted by Gasteiger charge is -2.08. The molecule has 0 saturated heterocycles. The second-order valence-electron chi connectivity index (χ2n) is 4.10. The van der Waals surface area contributed by atoms with Crippen molar-refractivity contribution >= 4 is 11.5 Å². The molecule has 4 heteroatoms. The van der Waals surface area contributed by atoms with Crippen LogP contribution in [0.3, 0.4) is 0 Å². The lowest BCUT2D eigenvalue weighted by molar-refractivity contribution is 0.631. The number of rotatable bonds is 2. The molecule has 0 bridgehead atoms. The van der Waals surface area contributed by atoms with Crippen LogP contribution in [-0.2, 0) is 0 Å². The Morgan fingerprint density at radius 1 is 1.22 bits per heavy atom. The van der Waals surface area contributed by atoms with Gasteiger partial charge in [0, 0.05) is 5.69 Å². The summed E-state index contributed by atoms with van der Waals surface area (Å²) < 4.78 is 13.6.